The third kappa shape index (κ3) is 4.88. The lowest BCUT2D eigenvalue weighted by molar-refractivity contribution is -0.168. The molecule has 1 rings (SSSR count). The molecule has 8 nitrogen and oxygen atoms in total. The standard InChI is InChI=1S/C9H15NO7S/c1-9(2,6-18(13,14)15)16-8(12)17-10-5-3-4-7(10)11/h3-6H2,1-2H3,(H,13,14,15). The number of nitrogens with zero attached hydrogens (tertiary/aromatic N) is 1. The van der Waals surface area contributed by atoms with E-state index in [0.717, 1.165) is 5.06 Å². The van der Waals surface area contributed by atoms with Gasteiger partial charge in [0.15, 0.2) is 0 Å². The molecule has 9 heteroatoms. The van der Waals surface area contributed by atoms with E-state index in [-0.39, 0.29) is 12.5 Å². The molecule has 0 aromatic carbocycles. The first-order valence-corrected chi connectivity index (χ1v) is 6.86. The molecule has 0 aromatic rings. The number of carbonyl (C=O) groups excluding carboxylic acids is 2. The average molecular weight is 281 g/mol. The molecule has 1 saturated heterocycles. The van der Waals surface area contributed by atoms with Crippen molar-refractivity contribution >= 4 is 22.2 Å². The molecule has 0 spiro atoms. The van der Waals surface area contributed by atoms with Crippen molar-refractivity contribution in [2.45, 2.75) is 32.3 Å². The topological polar surface area (TPSA) is 110 Å². The minimum absolute atomic E-state index is 0.284. The third-order valence-electron chi connectivity index (χ3n) is 2.10. The van der Waals surface area contributed by atoms with Crippen molar-refractivity contribution in [1.82, 2.24) is 5.06 Å². The zero-order chi connectivity index (χ0) is 14.0. The molecule has 1 N–H and O–H groups in total. The number of ether oxygens (including phenoxy) is 1. The summed E-state index contributed by atoms with van der Waals surface area (Å²) in [6, 6.07) is 0. The molecule has 0 radical (unpaired) electrons. The molecule has 1 aliphatic rings. The van der Waals surface area contributed by atoms with Gasteiger partial charge in [0, 0.05) is 6.42 Å². The van der Waals surface area contributed by atoms with E-state index in [1.54, 1.807) is 0 Å². The van der Waals surface area contributed by atoms with Crippen LogP contribution in [-0.2, 0) is 24.5 Å². The molecule has 0 aromatic heterocycles. The Morgan fingerprint density at radius 1 is 1.50 bits per heavy atom. The highest BCUT2D eigenvalue weighted by Crippen LogP contribution is 2.16. The van der Waals surface area contributed by atoms with Crippen LogP contribution in [0.5, 0.6) is 0 Å². The van der Waals surface area contributed by atoms with Gasteiger partial charge in [-0.25, -0.2) is 4.79 Å². The first-order chi connectivity index (χ1) is 8.09. The highest BCUT2D eigenvalue weighted by atomic mass is 32.2. The molecule has 1 aliphatic heterocycles. The molecule has 1 heterocycles. The Hall–Kier alpha value is -1.35. The first-order valence-electron chi connectivity index (χ1n) is 5.25. The fourth-order valence-corrected chi connectivity index (χ4v) is 2.46. The van der Waals surface area contributed by atoms with Gasteiger partial charge in [-0.1, -0.05) is 0 Å². The van der Waals surface area contributed by atoms with E-state index < -0.39 is 27.6 Å². The van der Waals surface area contributed by atoms with Gasteiger partial charge < -0.3 is 9.57 Å². The second-order valence-electron chi connectivity index (χ2n) is 4.53. The van der Waals surface area contributed by atoms with E-state index in [1.165, 1.54) is 13.8 Å². The zero-order valence-corrected chi connectivity index (χ0v) is 10.9. The van der Waals surface area contributed by atoms with Gasteiger partial charge in [0.1, 0.15) is 11.4 Å². The van der Waals surface area contributed by atoms with Crippen LogP contribution < -0.4 is 0 Å². The molecule has 0 aliphatic carbocycles. The van der Waals surface area contributed by atoms with Crippen LogP contribution in [0.25, 0.3) is 0 Å². The van der Waals surface area contributed by atoms with Crippen LogP contribution in [0.1, 0.15) is 26.7 Å². The predicted octanol–water partition coefficient (Wildman–Crippen LogP) is 0.343. The van der Waals surface area contributed by atoms with Gasteiger partial charge >= 0.3 is 6.16 Å². The SMILES string of the molecule is CC(C)(CS(=O)(=O)O)OC(=O)ON1CCCC1=O. The van der Waals surface area contributed by atoms with E-state index in [4.69, 9.17) is 9.29 Å². The second-order valence-corrected chi connectivity index (χ2v) is 5.98. The van der Waals surface area contributed by atoms with Gasteiger partial charge in [0.2, 0.25) is 0 Å². The monoisotopic (exact) mass is 281 g/mol. The van der Waals surface area contributed by atoms with E-state index >= 15 is 0 Å². The van der Waals surface area contributed by atoms with Crippen molar-refractivity contribution in [2.75, 3.05) is 12.3 Å². The number of carbonyl (C=O) groups is 2. The smallest absolute Gasteiger partial charge is 0.426 e. The van der Waals surface area contributed by atoms with E-state index in [0.29, 0.717) is 12.8 Å². The summed E-state index contributed by atoms with van der Waals surface area (Å²) < 4.78 is 34.8. The Kier molecular flexibility index (Phi) is 4.17. The average Bonchev–Trinajstić information content (AvgIpc) is 2.45. The minimum atomic E-state index is -4.28. The summed E-state index contributed by atoms with van der Waals surface area (Å²) in [7, 11) is -4.28. The molecule has 1 amide bonds. The van der Waals surface area contributed by atoms with E-state index in [9.17, 15) is 18.0 Å². The Morgan fingerprint density at radius 3 is 2.56 bits per heavy atom. The molecule has 0 unspecified atom stereocenters. The summed E-state index contributed by atoms with van der Waals surface area (Å²) >= 11 is 0. The first kappa shape index (κ1) is 14.7. The lowest BCUT2D eigenvalue weighted by atomic mass is 10.2. The lowest BCUT2D eigenvalue weighted by Gasteiger charge is -2.24. The van der Waals surface area contributed by atoms with Crippen LogP contribution in [0, 0.1) is 0 Å². The fraction of sp³-hybridized carbons (Fsp3) is 0.778. The van der Waals surface area contributed by atoms with Crippen molar-refractivity contribution in [1.29, 1.82) is 0 Å². The van der Waals surface area contributed by atoms with Gasteiger partial charge in [-0.2, -0.15) is 13.5 Å². The number of rotatable bonds is 4. The van der Waals surface area contributed by atoms with Gasteiger partial charge in [-0.05, 0) is 20.3 Å². The van der Waals surface area contributed by atoms with Crippen LogP contribution in [0.3, 0.4) is 0 Å². The highest BCUT2D eigenvalue weighted by molar-refractivity contribution is 7.85. The third-order valence-corrected chi connectivity index (χ3v) is 3.16. The Labute approximate surface area is 105 Å². The van der Waals surface area contributed by atoms with Crippen LogP contribution in [0.15, 0.2) is 0 Å². The number of hydrogen-bond donors (Lipinski definition) is 1. The normalized spacial score (nSPS) is 16.8. The fourth-order valence-electron chi connectivity index (χ4n) is 1.52. The number of amides is 1. The molecular formula is C9H15NO7S. The van der Waals surface area contributed by atoms with E-state index in [1.807, 2.05) is 0 Å². The minimum Gasteiger partial charge on any atom is -0.426 e. The van der Waals surface area contributed by atoms with Crippen LogP contribution in [0.2, 0.25) is 0 Å². The maximum Gasteiger partial charge on any atom is 0.534 e. The largest absolute Gasteiger partial charge is 0.534 e. The molecule has 0 bridgehead atoms. The zero-order valence-electron chi connectivity index (χ0n) is 10.1. The predicted molar refractivity (Wildman–Crippen MR) is 59.0 cm³/mol. The highest BCUT2D eigenvalue weighted by Gasteiger charge is 2.32. The van der Waals surface area contributed by atoms with Crippen molar-refractivity contribution in [3.05, 3.63) is 0 Å². The Bertz CT molecular complexity index is 442. The van der Waals surface area contributed by atoms with Crippen molar-refractivity contribution in [3.8, 4) is 0 Å². The Morgan fingerprint density at radius 2 is 2.11 bits per heavy atom. The number of hydrogen-bond acceptors (Lipinski definition) is 6. The molecule has 0 saturated carbocycles. The van der Waals surface area contributed by atoms with Crippen LogP contribution in [0.4, 0.5) is 4.79 Å². The van der Waals surface area contributed by atoms with Crippen molar-refractivity contribution in [3.63, 3.8) is 0 Å². The van der Waals surface area contributed by atoms with Gasteiger partial charge in [-0.15, -0.1) is 0 Å². The van der Waals surface area contributed by atoms with Crippen molar-refractivity contribution in [2.24, 2.45) is 0 Å². The van der Waals surface area contributed by atoms with Crippen LogP contribution >= 0.6 is 0 Å². The summed E-state index contributed by atoms with van der Waals surface area (Å²) in [6.45, 7) is 2.88. The number of hydroxylamine groups is 2. The summed E-state index contributed by atoms with van der Waals surface area (Å²) in [4.78, 5) is 27.1. The van der Waals surface area contributed by atoms with Crippen molar-refractivity contribution < 1.29 is 32.1 Å². The quantitative estimate of drug-likeness (QED) is 0.584. The molecule has 104 valence electrons. The Balaban J connectivity index is 2.51. The van der Waals surface area contributed by atoms with Gasteiger partial charge in [-0.3, -0.25) is 9.35 Å². The maximum absolute atomic E-state index is 11.3. The summed E-state index contributed by atoms with van der Waals surface area (Å²) in [5.74, 6) is -1.09. The summed E-state index contributed by atoms with van der Waals surface area (Å²) in [5, 5.41) is 0.867. The summed E-state index contributed by atoms with van der Waals surface area (Å²) in [5.41, 5.74) is -1.45. The van der Waals surface area contributed by atoms with E-state index in [2.05, 4.69) is 4.84 Å². The lowest BCUT2D eigenvalue weighted by Crippen LogP contribution is -2.38. The maximum atomic E-state index is 11.3. The van der Waals surface area contributed by atoms with Gasteiger partial charge in [0.25, 0.3) is 16.0 Å². The molecular weight excluding hydrogens is 266 g/mol. The summed E-state index contributed by atoms with van der Waals surface area (Å²) in [6.07, 6.45) is -0.304. The second kappa shape index (κ2) is 5.11. The molecule has 0 atom stereocenters. The van der Waals surface area contributed by atoms with Gasteiger partial charge in [0.05, 0.1) is 6.54 Å². The molecule has 1 fully saturated rings. The molecule has 18 heavy (non-hydrogen) atoms. The van der Waals surface area contributed by atoms with Crippen LogP contribution in [-0.4, -0.2) is 48.0 Å².